The van der Waals surface area contributed by atoms with Gasteiger partial charge in [0.15, 0.2) is 5.78 Å². The zero-order chi connectivity index (χ0) is 44.5. The summed E-state index contributed by atoms with van der Waals surface area (Å²) >= 11 is 0. The van der Waals surface area contributed by atoms with E-state index in [1.165, 1.54) is 24.3 Å². The number of fused-ring (bicyclic) bond motifs is 2. The molecule has 1 N–H and O–H groups in total. The number of aryl methyl sites for hydroxylation is 2. The number of aromatic nitrogens is 2. The third kappa shape index (κ3) is 10.3. The number of benzene rings is 3. The number of hydrogen-bond donors (Lipinski definition) is 1. The molecule has 0 spiro atoms. The first-order chi connectivity index (χ1) is 27.2. The smallest absolute Gasteiger partial charge is 0.162 e. The van der Waals surface area contributed by atoms with E-state index >= 15 is 0 Å². The Kier molecular flexibility index (Phi) is 11.0. The number of carbonyl (C=O) groups excluding carboxylic acids is 1. The average molecular weight is 888 g/mol. The summed E-state index contributed by atoms with van der Waals surface area (Å²) in [5, 5.41) is 20.3. The maximum Gasteiger partial charge on any atom is 0.162 e. The Labute approximate surface area is 337 Å². The van der Waals surface area contributed by atoms with Crippen molar-refractivity contribution in [1.29, 1.82) is 0 Å². The fraction of sp³-hybridized carbons (Fsp3) is 0.457. The van der Waals surface area contributed by atoms with Gasteiger partial charge in [-0.3, -0.25) is 4.79 Å². The van der Waals surface area contributed by atoms with Crippen LogP contribution < -0.4 is 0 Å². The van der Waals surface area contributed by atoms with Crippen LogP contribution in [0.15, 0.2) is 70.8 Å². The van der Waals surface area contributed by atoms with Gasteiger partial charge in [-0.05, 0) is 68.2 Å². The molecular weight excluding hydrogens is 821 g/mol. The summed E-state index contributed by atoms with van der Waals surface area (Å²) in [6, 6.07) is 19.3. The van der Waals surface area contributed by atoms with Crippen LogP contribution in [0.2, 0.25) is 0 Å². The van der Waals surface area contributed by atoms with E-state index in [1.807, 2.05) is 58.0 Å². The van der Waals surface area contributed by atoms with Crippen LogP contribution in [-0.2, 0) is 36.7 Å². The van der Waals surface area contributed by atoms with E-state index in [9.17, 15) is 9.90 Å². The van der Waals surface area contributed by atoms with Crippen molar-refractivity contribution >= 4 is 27.5 Å². The third-order valence-electron chi connectivity index (χ3n) is 9.19. The molecule has 0 unspecified atom stereocenters. The van der Waals surface area contributed by atoms with Gasteiger partial charge in [0.05, 0.1) is 11.5 Å². The van der Waals surface area contributed by atoms with Gasteiger partial charge in [0.2, 0.25) is 0 Å². The third-order valence-corrected chi connectivity index (χ3v) is 9.19. The van der Waals surface area contributed by atoms with Gasteiger partial charge in [-0.15, -0.1) is 29.1 Å². The Hall–Kier alpha value is -3.60. The van der Waals surface area contributed by atoms with Gasteiger partial charge in [0.25, 0.3) is 0 Å². The number of carbonyl (C=O) groups is 1. The van der Waals surface area contributed by atoms with Crippen molar-refractivity contribution in [2.75, 3.05) is 0 Å². The van der Waals surface area contributed by atoms with Crippen LogP contribution in [0.1, 0.15) is 128 Å². The first-order valence-corrected chi connectivity index (χ1v) is 18.1. The molecule has 0 fully saturated rings. The number of aliphatic hydroxyl groups is 1. The van der Waals surface area contributed by atoms with Gasteiger partial charge in [-0.25, -0.2) is 0 Å². The molecule has 0 amide bonds. The molecule has 5 nitrogen and oxygen atoms in total. The van der Waals surface area contributed by atoms with Crippen LogP contribution in [0.5, 0.6) is 0 Å². The monoisotopic (exact) mass is 888 g/mol. The predicted octanol–water partition coefficient (Wildman–Crippen LogP) is 12.9. The van der Waals surface area contributed by atoms with Crippen molar-refractivity contribution < 1.29 is 45.4 Å². The minimum Gasteiger partial charge on any atom is -0.512 e. The average Bonchev–Trinajstić information content (AvgIpc) is 3.54. The topological polar surface area (TPSA) is 76.2 Å². The summed E-state index contributed by atoms with van der Waals surface area (Å²) in [5.74, 6) is 0.388. The molecular formula is C46H59IrN2O3-. The first-order valence-electron chi connectivity index (χ1n) is 22.1. The van der Waals surface area contributed by atoms with Crippen LogP contribution in [0.4, 0.5) is 0 Å². The molecule has 3 aromatic carbocycles. The minimum absolute atomic E-state index is 0. The van der Waals surface area contributed by atoms with E-state index in [4.69, 9.17) is 15.4 Å². The van der Waals surface area contributed by atoms with Crippen molar-refractivity contribution in [3.05, 3.63) is 94.9 Å². The quantitative estimate of drug-likeness (QED) is 0.0859. The van der Waals surface area contributed by atoms with E-state index in [-0.39, 0.29) is 76.8 Å². The zero-order valence-electron chi connectivity index (χ0n) is 40.2. The summed E-state index contributed by atoms with van der Waals surface area (Å²) in [4.78, 5) is 11.7. The van der Waals surface area contributed by atoms with E-state index in [0.717, 1.165) is 42.0 Å². The molecule has 0 aliphatic carbocycles. The number of furan rings is 1. The van der Waals surface area contributed by atoms with Crippen molar-refractivity contribution in [1.82, 2.24) is 10.2 Å². The normalized spacial score (nSPS) is 15.3. The fourth-order valence-corrected chi connectivity index (χ4v) is 6.26. The molecule has 1 radical (unpaired) electrons. The molecule has 2 aromatic heterocycles. The standard InChI is InChI=1S/C33H35N2O.C13H24O2.Ir/c1-20-25-14-13-22(19-32(3,4)5)15-30(25)36-31(20)27-18-29(35-34-21(27)2)24-16-23-11-9-10-12-26(23)28(17-24)33(6,7)8;1-5-10(6-2)12(14)9-13(15)11(7-3)8-4;/h9-15,17-18H,19H2,1-8H3;9-11,14H,5-8H2,1-4H3;/q-1;;/b;12-9-;/i1D3,2D3,19D2;;. The Morgan fingerprint density at radius 2 is 1.58 bits per heavy atom. The molecule has 6 heteroatoms. The molecule has 52 heavy (non-hydrogen) atoms. The van der Waals surface area contributed by atoms with Gasteiger partial charge >= 0.3 is 0 Å². The zero-order valence-corrected chi connectivity index (χ0v) is 34.6. The van der Waals surface area contributed by atoms with Crippen molar-refractivity contribution in [3.63, 3.8) is 0 Å². The van der Waals surface area contributed by atoms with Crippen LogP contribution in [0.25, 0.3) is 44.3 Å². The molecule has 5 rings (SSSR count). The van der Waals surface area contributed by atoms with Crippen LogP contribution >= 0.6 is 0 Å². The van der Waals surface area contributed by atoms with Crippen molar-refractivity contribution in [2.24, 2.45) is 17.3 Å². The largest absolute Gasteiger partial charge is 0.512 e. The maximum atomic E-state index is 11.7. The number of aliphatic hydroxyl groups excluding tert-OH is 1. The van der Waals surface area contributed by atoms with Gasteiger partial charge in [-0.1, -0.05) is 117 Å². The number of ketones is 1. The summed E-state index contributed by atoms with van der Waals surface area (Å²) in [5.41, 5.74) is 0.807. The fourth-order valence-electron chi connectivity index (χ4n) is 6.26. The van der Waals surface area contributed by atoms with Crippen molar-refractivity contribution in [3.8, 4) is 22.6 Å². The maximum absolute atomic E-state index is 11.7. The second-order valence-corrected chi connectivity index (χ2v) is 15.3. The second kappa shape index (κ2) is 17.9. The van der Waals surface area contributed by atoms with Crippen LogP contribution in [-0.4, -0.2) is 21.1 Å². The van der Waals surface area contributed by atoms with E-state index in [0.29, 0.717) is 16.8 Å². The number of hydrogen-bond acceptors (Lipinski definition) is 5. The SMILES string of the molecule is CCC(CC)C(=O)/C=C(\O)C(CC)CC.[2H]C([2H])([2H])c1nnc(-c2[c-]c3ccccc3c(C(C)(C)C)c2)cc1-c1oc2cc(C([2H])([2H])C(C)(C)C)ccc2c1C([2H])([2H])[2H].[Ir]. The Morgan fingerprint density at radius 3 is 2.17 bits per heavy atom. The van der Waals surface area contributed by atoms with Gasteiger partial charge in [0.1, 0.15) is 11.3 Å². The molecule has 0 saturated carbocycles. The number of allylic oxidation sites excluding steroid dienone is 2. The van der Waals surface area contributed by atoms with Crippen LogP contribution in [0, 0.1) is 37.0 Å². The summed E-state index contributed by atoms with van der Waals surface area (Å²) in [6.07, 6.45) is 3.14. The van der Waals surface area contributed by atoms with E-state index in [2.05, 4.69) is 37.0 Å². The summed E-state index contributed by atoms with van der Waals surface area (Å²) < 4.78 is 73.4. The molecule has 0 aliphatic rings. The molecule has 0 aliphatic heterocycles. The molecule has 2 heterocycles. The molecule has 0 saturated heterocycles. The second-order valence-electron chi connectivity index (χ2n) is 15.3. The van der Waals surface area contributed by atoms with Gasteiger partial charge in [-0.2, -0.15) is 10.2 Å². The Morgan fingerprint density at radius 1 is 0.904 bits per heavy atom. The molecule has 0 atom stereocenters. The predicted molar refractivity (Wildman–Crippen MR) is 214 cm³/mol. The molecule has 281 valence electrons. The van der Waals surface area contributed by atoms with Gasteiger partial charge in [0, 0.05) is 71.2 Å². The Balaban J connectivity index is 0.000000513. The minimum atomic E-state index is -2.73. The number of nitrogens with zero attached hydrogens (tertiary/aromatic N) is 2. The van der Waals surface area contributed by atoms with E-state index in [1.54, 1.807) is 26.8 Å². The molecule has 0 bridgehead atoms. The summed E-state index contributed by atoms with van der Waals surface area (Å²) in [6.45, 7) is 14.3. The van der Waals surface area contributed by atoms with Gasteiger partial charge < -0.3 is 9.52 Å². The Bertz CT molecular complexity index is 2310. The van der Waals surface area contributed by atoms with Crippen LogP contribution in [0.3, 0.4) is 0 Å². The first kappa shape index (κ1) is 31.9. The number of rotatable bonds is 10. The van der Waals surface area contributed by atoms with E-state index < -0.39 is 31.2 Å². The summed E-state index contributed by atoms with van der Waals surface area (Å²) in [7, 11) is 0. The van der Waals surface area contributed by atoms with Crippen molar-refractivity contribution in [2.45, 2.75) is 120 Å². The molecule has 5 aromatic rings.